The molecule has 78 valence electrons. The van der Waals surface area contributed by atoms with Gasteiger partial charge in [0.05, 0.1) is 12.6 Å². The summed E-state index contributed by atoms with van der Waals surface area (Å²) in [6.45, 7) is -0.551. The van der Waals surface area contributed by atoms with Crippen LogP contribution in [0.25, 0.3) is 0 Å². The lowest BCUT2D eigenvalue weighted by Gasteiger charge is -2.38. The van der Waals surface area contributed by atoms with Crippen molar-refractivity contribution in [1.29, 1.82) is 0 Å². The molecule has 5 N–H and O–H groups in total. The molecule has 0 aromatic rings. The molecule has 0 amide bonds. The first-order valence-corrected chi connectivity index (χ1v) is 3.77. The van der Waals surface area contributed by atoms with Gasteiger partial charge in [-0.05, 0) is 4.53 Å². The van der Waals surface area contributed by atoms with E-state index in [1.54, 1.807) is 0 Å². The van der Waals surface area contributed by atoms with E-state index >= 15 is 0 Å². The van der Waals surface area contributed by atoms with E-state index in [-0.39, 0.29) is 0 Å². The molecule has 0 saturated carbocycles. The number of nitrogens with two attached hydrogens (primary N) is 1. The Morgan fingerprint density at radius 1 is 1.38 bits per heavy atom. The van der Waals surface area contributed by atoms with Crippen molar-refractivity contribution >= 4 is 0 Å². The van der Waals surface area contributed by atoms with Gasteiger partial charge in [-0.1, -0.05) is 0 Å². The van der Waals surface area contributed by atoms with E-state index in [0.29, 0.717) is 0 Å². The summed E-state index contributed by atoms with van der Waals surface area (Å²) in [5.41, 5.74) is 5.26. The lowest BCUT2D eigenvalue weighted by atomic mass is 9.98. The first kappa shape index (κ1) is 10.8. The summed E-state index contributed by atoms with van der Waals surface area (Å²) in [5, 5.41) is 27.1. The van der Waals surface area contributed by atoms with Gasteiger partial charge in [-0.2, -0.15) is 4.94 Å². The van der Waals surface area contributed by atoms with Crippen LogP contribution in [-0.2, 0) is 9.68 Å². The number of aliphatic hydroxyl groups is 3. The first-order valence-electron chi connectivity index (χ1n) is 3.77. The fraction of sp³-hybridized carbons (Fsp3) is 1.00. The van der Waals surface area contributed by atoms with Crippen LogP contribution in [-0.4, -0.2) is 52.6 Å². The average molecular weight is 197 g/mol. The van der Waals surface area contributed by atoms with Crippen LogP contribution in [0.3, 0.4) is 0 Å². The van der Waals surface area contributed by atoms with E-state index in [1.807, 2.05) is 0 Å². The first-order chi connectivity index (χ1) is 6.11. The fourth-order valence-electron chi connectivity index (χ4n) is 1.18. The Balaban J connectivity index is 2.66. The number of ether oxygens (including phenoxy) is 1. The van der Waals surface area contributed by atoms with Gasteiger partial charge in [0.1, 0.15) is 18.3 Å². The molecule has 1 saturated heterocycles. The Hall–Kier alpha value is -0.310. The summed E-state index contributed by atoms with van der Waals surface area (Å²) in [7, 11) is 0. The molecular weight excluding hydrogens is 185 g/mol. The van der Waals surface area contributed by atoms with Gasteiger partial charge in [0, 0.05) is 0 Å². The smallest absolute Gasteiger partial charge is 0.214 e. The minimum Gasteiger partial charge on any atom is -0.394 e. The second-order valence-corrected chi connectivity index (χ2v) is 2.87. The predicted molar refractivity (Wildman–Crippen MR) is 37.9 cm³/mol. The highest BCUT2D eigenvalue weighted by molar-refractivity contribution is 4.90. The summed E-state index contributed by atoms with van der Waals surface area (Å²) in [6, 6.07) is -1.18. The van der Waals surface area contributed by atoms with Crippen molar-refractivity contribution in [2.24, 2.45) is 5.73 Å². The molecule has 0 aromatic heterocycles. The molecule has 1 aliphatic rings. The zero-order chi connectivity index (χ0) is 10.0. The third-order valence-corrected chi connectivity index (χ3v) is 2.02. The second-order valence-electron chi connectivity index (χ2n) is 2.87. The van der Waals surface area contributed by atoms with Crippen molar-refractivity contribution in [2.75, 3.05) is 6.61 Å². The van der Waals surface area contributed by atoms with E-state index in [9.17, 15) is 14.7 Å². The molecule has 1 aliphatic heterocycles. The molecule has 0 bridgehead atoms. The van der Waals surface area contributed by atoms with Crippen LogP contribution in [0, 0.1) is 0 Å². The molecule has 1 rings (SSSR count). The molecule has 0 radical (unpaired) electrons. The summed E-state index contributed by atoms with van der Waals surface area (Å²) >= 11 is 0. The quantitative estimate of drug-likeness (QED) is 0.395. The number of hydrogen-bond acceptors (Lipinski definition) is 6. The van der Waals surface area contributed by atoms with Crippen molar-refractivity contribution in [1.82, 2.24) is 0 Å². The molecule has 1 unspecified atom stereocenters. The minimum atomic E-state index is -1.46. The van der Waals surface area contributed by atoms with Gasteiger partial charge >= 0.3 is 0 Å². The largest absolute Gasteiger partial charge is 0.394 e. The van der Waals surface area contributed by atoms with Crippen LogP contribution in [0.1, 0.15) is 0 Å². The normalized spacial score (nSPS) is 46.4. The number of halogens is 1. The molecule has 6 nitrogen and oxygen atoms in total. The topological polar surface area (TPSA) is 105 Å². The maximum Gasteiger partial charge on any atom is 0.214 e. The van der Waals surface area contributed by atoms with Crippen molar-refractivity contribution in [3.8, 4) is 0 Å². The lowest BCUT2D eigenvalue weighted by Crippen LogP contribution is -2.62. The van der Waals surface area contributed by atoms with Gasteiger partial charge in [-0.3, -0.25) is 0 Å². The molecule has 7 heteroatoms. The molecule has 13 heavy (non-hydrogen) atoms. The average Bonchev–Trinajstić information content (AvgIpc) is 2.15. The van der Waals surface area contributed by atoms with Gasteiger partial charge in [-0.25, -0.2) is 0 Å². The number of hydrogen-bond donors (Lipinski definition) is 4. The predicted octanol–water partition coefficient (Wildman–Crippen LogP) is -2.35. The second kappa shape index (κ2) is 4.27. The maximum atomic E-state index is 11.8. The summed E-state index contributed by atoms with van der Waals surface area (Å²) in [5.74, 6) is 0. The Labute approximate surface area is 73.6 Å². The van der Waals surface area contributed by atoms with Crippen molar-refractivity contribution in [2.45, 2.75) is 30.6 Å². The fourth-order valence-corrected chi connectivity index (χ4v) is 1.18. The number of rotatable bonds is 2. The molecular formula is C6H12FNO5. The molecule has 5 atom stereocenters. The van der Waals surface area contributed by atoms with Gasteiger partial charge in [0.2, 0.25) is 6.29 Å². The highest BCUT2D eigenvalue weighted by atomic mass is 19.3. The SMILES string of the molecule is N[C@H]1C(OF)O[C@H](CO)[C@H](O)[C@@H]1O. The van der Waals surface area contributed by atoms with Gasteiger partial charge < -0.3 is 25.8 Å². The van der Waals surface area contributed by atoms with Gasteiger partial charge in [-0.15, -0.1) is 0 Å². The zero-order valence-electron chi connectivity index (χ0n) is 6.71. The van der Waals surface area contributed by atoms with Crippen LogP contribution >= 0.6 is 0 Å². The Kier molecular flexibility index (Phi) is 3.54. The standard InChI is InChI=1S/C6H12FNO5/c7-13-6-3(8)5(11)4(10)2(1-9)12-6/h2-6,9-11H,1,8H2/t2-,3-,4+,5-,6?/m1/s1. The van der Waals surface area contributed by atoms with Crippen molar-refractivity contribution < 1.29 is 29.5 Å². The Morgan fingerprint density at radius 3 is 2.46 bits per heavy atom. The maximum absolute atomic E-state index is 11.8. The highest BCUT2D eigenvalue weighted by Gasteiger charge is 2.43. The third kappa shape index (κ3) is 1.96. The monoisotopic (exact) mass is 197 g/mol. The van der Waals surface area contributed by atoms with E-state index in [2.05, 4.69) is 4.94 Å². The van der Waals surface area contributed by atoms with Gasteiger partial charge in [0.15, 0.2) is 0 Å². The van der Waals surface area contributed by atoms with E-state index in [4.69, 9.17) is 15.6 Å². The zero-order valence-corrected chi connectivity index (χ0v) is 6.71. The molecule has 1 fully saturated rings. The van der Waals surface area contributed by atoms with Crippen molar-refractivity contribution in [3.63, 3.8) is 0 Å². The van der Waals surface area contributed by atoms with E-state index in [1.165, 1.54) is 0 Å². The summed E-state index contributed by atoms with van der Waals surface area (Å²) in [6.07, 6.45) is -5.27. The molecule has 1 heterocycles. The Morgan fingerprint density at radius 2 is 2.00 bits per heavy atom. The van der Waals surface area contributed by atoms with E-state index < -0.39 is 37.3 Å². The number of aliphatic hydroxyl groups excluding tert-OH is 3. The van der Waals surface area contributed by atoms with Crippen LogP contribution in [0.5, 0.6) is 0 Å². The minimum absolute atomic E-state index is 0.551. The van der Waals surface area contributed by atoms with Crippen LogP contribution in [0.15, 0.2) is 0 Å². The Bertz CT molecular complexity index is 151. The van der Waals surface area contributed by atoms with Crippen LogP contribution in [0.2, 0.25) is 0 Å². The third-order valence-electron chi connectivity index (χ3n) is 2.02. The summed E-state index contributed by atoms with van der Waals surface area (Å²) < 4.78 is 16.5. The van der Waals surface area contributed by atoms with Crippen LogP contribution in [0.4, 0.5) is 4.53 Å². The van der Waals surface area contributed by atoms with Crippen LogP contribution < -0.4 is 5.73 Å². The van der Waals surface area contributed by atoms with Crippen molar-refractivity contribution in [3.05, 3.63) is 0 Å². The molecule has 0 aromatic carbocycles. The van der Waals surface area contributed by atoms with E-state index in [0.717, 1.165) is 0 Å². The summed E-state index contributed by atoms with van der Waals surface area (Å²) in [4.78, 5) is 3.32. The van der Waals surface area contributed by atoms with Gasteiger partial charge in [0.25, 0.3) is 0 Å². The molecule has 0 aliphatic carbocycles. The lowest BCUT2D eigenvalue weighted by molar-refractivity contribution is -0.336. The molecule has 0 spiro atoms. The highest BCUT2D eigenvalue weighted by Crippen LogP contribution is 2.20.